The molecule has 0 spiro atoms. The van der Waals surface area contributed by atoms with Crippen molar-refractivity contribution < 1.29 is 9.84 Å². The van der Waals surface area contributed by atoms with Gasteiger partial charge in [0.15, 0.2) is 0 Å². The van der Waals surface area contributed by atoms with Gasteiger partial charge in [0.1, 0.15) is 11.5 Å². The molecule has 0 radical (unpaired) electrons. The molecule has 2 rings (SSSR count). The first kappa shape index (κ1) is 21.5. The zero-order valence-corrected chi connectivity index (χ0v) is 19.3. The fourth-order valence-electron chi connectivity index (χ4n) is 2.03. The number of halogens is 2. The first-order valence-corrected chi connectivity index (χ1v) is 10.3. The molecule has 132 valence electrons. The van der Waals surface area contributed by atoms with Crippen molar-refractivity contribution in [2.75, 3.05) is 6.61 Å². The number of phenols is 1. The Labute approximate surface area is 173 Å². The Hall–Kier alpha value is -0.500. The smallest absolute Gasteiger partial charge is 0.132 e. The van der Waals surface area contributed by atoms with Crippen LogP contribution in [-0.4, -0.2) is 11.7 Å². The molecule has 4 heteroatoms. The minimum atomic E-state index is 0.386. The predicted octanol–water partition coefficient (Wildman–Crippen LogP) is 6.93. The van der Waals surface area contributed by atoms with Crippen molar-refractivity contribution in [1.29, 1.82) is 0 Å². The minimum absolute atomic E-state index is 0.386. The van der Waals surface area contributed by atoms with Crippen LogP contribution in [-0.2, 0) is 0 Å². The molecule has 0 saturated carbocycles. The van der Waals surface area contributed by atoms with Gasteiger partial charge in [0.25, 0.3) is 0 Å². The van der Waals surface area contributed by atoms with Crippen LogP contribution in [0.2, 0.25) is 0 Å². The Morgan fingerprint density at radius 1 is 0.875 bits per heavy atom. The third-order valence-electron chi connectivity index (χ3n) is 3.56. The van der Waals surface area contributed by atoms with Gasteiger partial charge in [-0.2, -0.15) is 0 Å². The molecule has 2 aromatic rings. The summed E-state index contributed by atoms with van der Waals surface area (Å²) in [4.78, 5) is 0. The maximum Gasteiger partial charge on any atom is 0.132 e. The van der Waals surface area contributed by atoms with Crippen LogP contribution < -0.4 is 4.74 Å². The Morgan fingerprint density at radius 2 is 1.38 bits per heavy atom. The van der Waals surface area contributed by atoms with Gasteiger partial charge in [-0.3, -0.25) is 0 Å². The van der Waals surface area contributed by atoms with Crippen LogP contribution in [0.5, 0.6) is 11.5 Å². The standard InChI is InChI=1S/C11H15IO.C9H11IO/c1-4-13-11-7-9(8(2)3)5-6-10(11)12;1-6(2)7-3-4-8(10)9(11)5-7/h5-8H,4H2,1-3H3;3-6,11H,1-2H3. The molecule has 1 N–H and O–H groups in total. The van der Waals surface area contributed by atoms with E-state index in [1.807, 2.05) is 25.1 Å². The lowest BCUT2D eigenvalue weighted by Crippen LogP contribution is -1.96. The molecule has 0 aliphatic rings. The molecule has 0 saturated heterocycles. The van der Waals surface area contributed by atoms with Gasteiger partial charge in [-0.05, 0) is 99.3 Å². The van der Waals surface area contributed by atoms with Gasteiger partial charge in [0.2, 0.25) is 0 Å². The van der Waals surface area contributed by atoms with Crippen molar-refractivity contribution in [1.82, 2.24) is 0 Å². The highest BCUT2D eigenvalue weighted by Crippen LogP contribution is 2.26. The Morgan fingerprint density at radius 3 is 1.83 bits per heavy atom. The van der Waals surface area contributed by atoms with E-state index in [0.717, 1.165) is 15.9 Å². The van der Waals surface area contributed by atoms with E-state index in [1.54, 1.807) is 0 Å². The van der Waals surface area contributed by atoms with Crippen LogP contribution in [0.25, 0.3) is 0 Å². The van der Waals surface area contributed by atoms with Gasteiger partial charge < -0.3 is 9.84 Å². The summed E-state index contributed by atoms with van der Waals surface area (Å²) in [6.07, 6.45) is 0. The largest absolute Gasteiger partial charge is 0.507 e. The summed E-state index contributed by atoms with van der Waals surface area (Å²) >= 11 is 4.41. The SMILES string of the molecule is CC(C)c1ccc(I)c(O)c1.CCOc1cc(C(C)C)ccc1I. The van der Waals surface area contributed by atoms with Crippen LogP contribution in [0.15, 0.2) is 36.4 Å². The van der Waals surface area contributed by atoms with Gasteiger partial charge in [0, 0.05) is 0 Å². The molecule has 0 heterocycles. The molecular weight excluding hydrogens is 526 g/mol. The molecular formula is C20H26I2O2. The van der Waals surface area contributed by atoms with Gasteiger partial charge >= 0.3 is 0 Å². The van der Waals surface area contributed by atoms with E-state index in [2.05, 4.69) is 91.1 Å². The summed E-state index contributed by atoms with van der Waals surface area (Å²) in [7, 11) is 0. The number of rotatable bonds is 4. The van der Waals surface area contributed by atoms with Crippen molar-refractivity contribution in [2.45, 2.75) is 46.5 Å². The maximum absolute atomic E-state index is 9.34. The molecule has 2 aromatic carbocycles. The number of phenolic OH excluding ortho intramolecular Hbond substituents is 1. The summed E-state index contributed by atoms with van der Waals surface area (Å²) in [5.74, 6) is 2.44. The summed E-state index contributed by atoms with van der Waals surface area (Å²) in [5.41, 5.74) is 2.52. The third kappa shape index (κ3) is 6.78. The topological polar surface area (TPSA) is 29.5 Å². The average Bonchev–Trinajstić information content (AvgIpc) is 2.52. The first-order valence-electron chi connectivity index (χ1n) is 8.16. The van der Waals surface area contributed by atoms with Gasteiger partial charge in [-0.25, -0.2) is 0 Å². The highest BCUT2D eigenvalue weighted by Gasteiger charge is 2.04. The van der Waals surface area contributed by atoms with Crippen molar-refractivity contribution in [3.63, 3.8) is 0 Å². The summed E-state index contributed by atoms with van der Waals surface area (Å²) in [5, 5.41) is 9.34. The van der Waals surface area contributed by atoms with E-state index in [9.17, 15) is 5.11 Å². The number of aromatic hydroxyl groups is 1. The van der Waals surface area contributed by atoms with Crippen LogP contribution in [0.4, 0.5) is 0 Å². The molecule has 0 atom stereocenters. The third-order valence-corrected chi connectivity index (χ3v) is 5.36. The van der Waals surface area contributed by atoms with Crippen LogP contribution in [0, 0.1) is 7.14 Å². The van der Waals surface area contributed by atoms with Crippen molar-refractivity contribution in [3.8, 4) is 11.5 Å². The maximum atomic E-state index is 9.34. The van der Waals surface area contributed by atoms with E-state index in [-0.39, 0.29) is 0 Å². The molecule has 0 aromatic heterocycles. The van der Waals surface area contributed by atoms with Gasteiger partial charge in [0.05, 0.1) is 13.7 Å². The van der Waals surface area contributed by atoms with E-state index < -0.39 is 0 Å². The number of ether oxygens (including phenoxy) is 1. The second kappa shape index (κ2) is 10.5. The van der Waals surface area contributed by atoms with Crippen molar-refractivity contribution in [3.05, 3.63) is 54.7 Å². The van der Waals surface area contributed by atoms with Crippen LogP contribution in [0.1, 0.15) is 57.6 Å². The molecule has 0 fully saturated rings. The summed E-state index contributed by atoms with van der Waals surface area (Å²) in [6, 6.07) is 12.2. The normalized spacial score (nSPS) is 10.5. The lowest BCUT2D eigenvalue weighted by atomic mass is 10.0. The molecule has 0 bridgehead atoms. The molecule has 24 heavy (non-hydrogen) atoms. The minimum Gasteiger partial charge on any atom is -0.507 e. The molecule has 0 amide bonds. The van der Waals surface area contributed by atoms with E-state index in [0.29, 0.717) is 17.6 Å². The highest BCUT2D eigenvalue weighted by molar-refractivity contribution is 14.1. The number of benzene rings is 2. The monoisotopic (exact) mass is 552 g/mol. The van der Waals surface area contributed by atoms with Crippen LogP contribution in [0.3, 0.4) is 0 Å². The first-order chi connectivity index (χ1) is 11.3. The fourth-order valence-corrected chi connectivity index (χ4v) is 2.86. The second-order valence-electron chi connectivity index (χ2n) is 6.14. The van der Waals surface area contributed by atoms with Gasteiger partial charge in [-0.1, -0.05) is 39.8 Å². The Bertz CT molecular complexity index is 652. The number of hydrogen-bond acceptors (Lipinski definition) is 2. The van der Waals surface area contributed by atoms with E-state index in [1.165, 1.54) is 14.7 Å². The van der Waals surface area contributed by atoms with Crippen molar-refractivity contribution >= 4 is 45.2 Å². The van der Waals surface area contributed by atoms with Crippen molar-refractivity contribution in [2.24, 2.45) is 0 Å². The number of hydrogen-bond donors (Lipinski definition) is 1. The van der Waals surface area contributed by atoms with Gasteiger partial charge in [-0.15, -0.1) is 0 Å². The Kier molecular flexibility index (Phi) is 9.41. The van der Waals surface area contributed by atoms with E-state index in [4.69, 9.17) is 4.74 Å². The summed E-state index contributed by atoms with van der Waals surface area (Å²) < 4.78 is 7.61. The van der Waals surface area contributed by atoms with Crippen LogP contribution >= 0.6 is 45.2 Å². The second-order valence-corrected chi connectivity index (χ2v) is 8.47. The average molecular weight is 552 g/mol. The Balaban J connectivity index is 0.000000243. The molecule has 0 unspecified atom stereocenters. The molecule has 0 aliphatic carbocycles. The lowest BCUT2D eigenvalue weighted by Gasteiger charge is -2.10. The molecule has 2 nitrogen and oxygen atoms in total. The highest BCUT2D eigenvalue weighted by atomic mass is 127. The van der Waals surface area contributed by atoms with E-state index >= 15 is 0 Å². The fraction of sp³-hybridized carbons (Fsp3) is 0.400. The lowest BCUT2D eigenvalue weighted by molar-refractivity contribution is 0.337. The summed E-state index contributed by atoms with van der Waals surface area (Å²) in [6.45, 7) is 11.4. The molecule has 0 aliphatic heterocycles. The zero-order chi connectivity index (χ0) is 18.3. The quantitative estimate of drug-likeness (QED) is 0.417. The zero-order valence-electron chi connectivity index (χ0n) is 14.9. The predicted molar refractivity (Wildman–Crippen MR) is 119 cm³/mol.